The minimum Gasteiger partial charge on any atom is -0.321 e. The normalized spacial score (nSPS) is 33.7. The molecular formula is C15H22FN. The summed E-state index contributed by atoms with van der Waals surface area (Å²) < 4.78 is 13.2. The Labute approximate surface area is 103 Å². The Hall–Kier alpha value is -0.890. The molecule has 2 rings (SSSR count). The summed E-state index contributed by atoms with van der Waals surface area (Å²) >= 11 is 0. The fourth-order valence-electron chi connectivity index (χ4n) is 3.21. The average molecular weight is 235 g/mol. The van der Waals surface area contributed by atoms with Gasteiger partial charge in [-0.25, -0.2) is 4.39 Å². The number of halogens is 1. The maximum Gasteiger partial charge on any atom is 0.123 e. The van der Waals surface area contributed by atoms with Crippen molar-refractivity contribution >= 4 is 0 Å². The van der Waals surface area contributed by atoms with E-state index in [1.54, 1.807) is 6.07 Å². The lowest BCUT2D eigenvalue weighted by Crippen LogP contribution is -2.47. The third-order valence-electron chi connectivity index (χ3n) is 4.38. The summed E-state index contributed by atoms with van der Waals surface area (Å²) in [6.45, 7) is 6.46. The molecule has 1 aromatic carbocycles. The number of rotatable bonds is 1. The molecule has 2 heteroatoms. The number of hydrogen-bond donors (Lipinski definition) is 1. The van der Waals surface area contributed by atoms with E-state index in [0.717, 1.165) is 36.3 Å². The van der Waals surface area contributed by atoms with Gasteiger partial charge in [0.1, 0.15) is 5.82 Å². The molecule has 0 amide bonds. The van der Waals surface area contributed by atoms with Crippen molar-refractivity contribution in [3.63, 3.8) is 0 Å². The van der Waals surface area contributed by atoms with Crippen LogP contribution in [-0.2, 0) is 5.54 Å². The Balaban J connectivity index is 2.37. The molecule has 1 aliphatic rings. The Morgan fingerprint density at radius 3 is 2.65 bits per heavy atom. The predicted octanol–water partition coefficient (Wildman–Crippen LogP) is 3.74. The number of benzene rings is 1. The molecule has 1 fully saturated rings. The quantitative estimate of drug-likeness (QED) is 0.788. The maximum atomic E-state index is 13.2. The largest absolute Gasteiger partial charge is 0.321 e. The smallest absolute Gasteiger partial charge is 0.123 e. The van der Waals surface area contributed by atoms with E-state index in [1.165, 1.54) is 6.07 Å². The number of hydrogen-bond acceptors (Lipinski definition) is 1. The molecule has 0 radical (unpaired) electrons. The van der Waals surface area contributed by atoms with E-state index in [-0.39, 0.29) is 11.4 Å². The van der Waals surface area contributed by atoms with Gasteiger partial charge in [0.2, 0.25) is 0 Å². The fraction of sp³-hybridized carbons (Fsp3) is 0.600. The standard InChI is InChI=1S/C15H22FN/c1-10-6-7-15(17,12(3)8-10)14-5-4-13(16)9-11(14)2/h4-5,9-10,12H,6-8,17H2,1-3H3. The van der Waals surface area contributed by atoms with Gasteiger partial charge >= 0.3 is 0 Å². The molecule has 0 bridgehead atoms. The summed E-state index contributed by atoms with van der Waals surface area (Å²) in [6, 6.07) is 4.99. The highest BCUT2D eigenvalue weighted by molar-refractivity contribution is 5.34. The molecular weight excluding hydrogens is 213 g/mol. The van der Waals surface area contributed by atoms with Crippen LogP contribution in [0.1, 0.15) is 44.2 Å². The Kier molecular flexibility index (Phi) is 3.26. The molecule has 1 saturated carbocycles. The van der Waals surface area contributed by atoms with Crippen molar-refractivity contribution in [2.75, 3.05) is 0 Å². The third kappa shape index (κ3) is 2.23. The molecule has 1 aliphatic carbocycles. The summed E-state index contributed by atoms with van der Waals surface area (Å²) in [4.78, 5) is 0. The summed E-state index contributed by atoms with van der Waals surface area (Å²) in [7, 11) is 0. The van der Waals surface area contributed by atoms with Crippen molar-refractivity contribution in [1.29, 1.82) is 0 Å². The number of aryl methyl sites for hydroxylation is 1. The summed E-state index contributed by atoms with van der Waals surface area (Å²) in [5.74, 6) is 1.03. The van der Waals surface area contributed by atoms with Crippen LogP contribution in [0, 0.1) is 24.6 Å². The highest BCUT2D eigenvalue weighted by atomic mass is 19.1. The van der Waals surface area contributed by atoms with Crippen LogP contribution in [0.15, 0.2) is 18.2 Å². The van der Waals surface area contributed by atoms with Crippen molar-refractivity contribution in [2.24, 2.45) is 17.6 Å². The molecule has 2 N–H and O–H groups in total. The van der Waals surface area contributed by atoms with Crippen LogP contribution in [0.2, 0.25) is 0 Å². The lowest BCUT2D eigenvalue weighted by atomic mass is 9.66. The van der Waals surface area contributed by atoms with Crippen LogP contribution < -0.4 is 5.73 Å². The molecule has 0 heterocycles. The van der Waals surface area contributed by atoms with E-state index in [9.17, 15) is 4.39 Å². The number of nitrogens with two attached hydrogens (primary N) is 1. The second kappa shape index (κ2) is 4.41. The zero-order valence-corrected chi connectivity index (χ0v) is 11.0. The topological polar surface area (TPSA) is 26.0 Å². The van der Waals surface area contributed by atoms with E-state index < -0.39 is 0 Å². The van der Waals surface area contributed by atoms with E-state index in [4.69, 9.17) is 5.73 Å². The van der Waals surface area contributed by atoms with Crippen molar-refractivity contribution in [1.82, 2.24) is 0 Å². The summed E-state index contributed by atoms with van der Waals surface area (Å²) in [5.41, 5.74) is 8.44. The molecule has 1 nitrogen and oxygen atoms in total. The molecule has 3 unspecified atom stereocenters. The van der Waals surface area contributed by atoms with Gasteiger partial charge in [-0.15, -0.1) is 0 Å². The van der Waals surface area contributed by atoms with Gasteiger partial charge in [-0.2, -0.15) is 0 Å². The fourth-order valence-corrected chi connectivity index (χ4v) is 3.21. The van der Waals surface area contributed by atoms with Gasteiger partial charge in [0.15, 0.2) is 0 Å². The molecule has 1 aromatic rings. The van der Waals surface area contributed by atoms with Crippen molar-refractivity contribution < 1.29 is 4.39 Å². The lowest BCUT2D eigenvalue weighted by Gasteiger charge is -2.43. The van der Waals surface area contributed by atoms with E-state index in [1.807, 2.05) is 13.0 Å². The first kappa shape index (κ1) is 12.6. The average Bonchev–Trinajstić information content (AvgIpc) is 2.24. The maximum absolute atomic E-state index is 13.2. The van der Waals surface area contributed by atoms with E-state index in [2.05, 4.69) is 13.8 Å². The molecule has 0 aliphatic heterocycles. The van der Waals surface area contributed by atoms with Crippen molar-refractivity contribution in [3.05, 3.63) is 35.1 Å². The highest BCUT2D eigenvalue weighted by Gasteiger charge is 2.38. The summed E-state index contributed by atoms with van der Waals surface area (Å²) in [6.07, 6.45) is 3.33. The SMILES string of the molecule is Cc1cc(F)ccc1C1(N)CCC(C)CC1C. The van der Waals surface area contributed by atoms with Gasteiger partial charge in [-0.3, -0.25) is 0 Å². The second-order valence-corrected chi connectivity index (χ2v) is 5.78. The Morgan fingerprint density at radius 1 is 1.35 bits per heavy atom. The first-order chi connectivity index (χ1) is 7.93. The van der Waals surface area contributed by atoms with E-state index >= 15 is 0 Å². The van der Waals surface area contributed by atoms with Crippen LogP contribution in [0.3, 0.4) is 0 Å². The first-order valence-corrected chi connectivity index (χ1v) is 6.49. The van der Waals surface area contributed by atoms with Crippen molar-refractivity contribution in [2.45, 2.75) is 45.6 Å². The molecule has 0 spiro atoms. The highest BCUT2D eigenvalue weighted by Crippen LogP contribution is 2.42. The minimum absolute atomic E-state index is 0.174. The van der Waals surface area contributed by atoms with Crippen LogP contribution in [-0.4, -0.2) is 0 Å². The van der Waals surface area contributed by atoms with Gasteiger partial charge in [-0.1, -0.05) is 19.9 Å². The molecule has 0 aromatic heterocycles. The predicted molar refractivity (Wildman–Crippen MR) is 69.2 cm³/mol. The minimum atomic E-state index is -0.274. The second-order valence-electron chi connectivity index (χ2n) is 5.78. The van der Waals surface area contributed by atoms with Crippen LogP contribution in [0.4, 0.5) is 4.39 Å². The zero-order chi connectivity index (χ0) is 12.6. The molecule has 0 saturated heterocycles. The third-order valence-corrected chi connectivity index (χ3v) is 4.38. The molecule has 17 heavy (non-hydrogen) atoms. The van der Waals surface area contributed by atoms with Gasteiger partial charge in [-0.05, 0) is 61.3 Å². The zero-order valence-electron chi connectivity index (χ0n) is 11.0. The van der Waals surface area contributed by atoms with Gasteiger partial charge < -0.3 is 5.73 Å². The van der Waals surface area contributed by atoms with Crippen molar-refractivity contribution in [3.8, 4) is 0 Å². The Bertz CT molecular complexity index is 415. The van der Waals surface area contributed by atoms with Gasteiger partial charge in [0.05, 0.1) is 0 Å². The first-order valence-electron chi connectivity index (χ1n) is 6.49. The van der Waals surface area contributed by atoms with E-state index in [0.29, 0.717) is 5.92 Å². The van der Waals surface area contributed by atoms with Crippen LogP contribution >= 0.6 is 0 Å². The monoisotopic (exact) mass is 235 g/mol. The van der Waals surface area contributed by atoms with Gasteiger partial charge in [0, 0.05) is 5.54 Å². The van der Waals surface area contributed by atoms with Crippen LogP contribution in [0.5, 0.6) is 0 Å². The van der Waals surface area contributed by atoms with Crippen LogP contribution in [0.25, 0.3) is 0 Å². The molecule has 3 atom stereocenters. The van der Waals surface area contributed by atoms with Gasteiger partial charge in [0.25, 0.3) is 0 Å². The summed E-state index contributed by atoms with van der Waals surface area (Å²) in [5, 5.41) is 0. The lowest BCUT2D eigenvalue weighted by molar-refractivity contribution is 0.164. The Morgan fingerprint density at radius 2 is 2.06 bits per heavy atom. The molecule has 94 valence electrons.